The van der Waals surface area contributed by atoms with Crippen LogP contribution in [0.15, 0.2) is 60.7 Å². The van der Waals surface area contributed by atoms with Crippen LogP contribution in [0.4, 0.5) is 0 Å². The molecular formula is C19H18N2O3S. The zero-order valence-corrected chi connectivity index (χ0v) is 14.3. The Hall–Kier alpha value is -2.60. The van der Waals surface area contributed by atoms with Gasteiger partial charge in [-0.25, -0.2) is 0 Å². The van der Waals surface area contributed by atoms with E-state index >= 15 is 0 Å². The molecule has 2 aromatic carbocycles. The summed E-state index contributed by atoms with van der Waals surface area (Å²) in [6, 6.07) is 17.8. The van der Waals surface area contributed by atoms with Crippen LogP contribution in [0, 0.1) is 0 Å². The third-order valence-corrected chi connectivity index (χ3v) is 5.06. The van der Waals surface area contributed by atoms with Crippen molar-refractivity contribution >= 4 is 29.4 Å². The van der Waals surface area contributed by atoms with Gasteiger partial charge in [0.25, 0.3) is 0 Å². The van der Waals surface area contributed by atoms with E-state index in [9.17, 15) is 14.4 Å². The second kappa shape index (κ2) is 7.98. The van der Waals surface area contributed by atoms with Crippen LogP contribution in [-0.2, 0) is 16.0 Å². The summed E-state index contributed by atoms with van der Waals surface area (Å²) in [5.41, 5.74) is 1.54. The summed E-state index contributed by atoms with van der Waals surface area (Å²) >= 11 is 1.33. The third-order valence-electron chi connectivity index (χ3n) is 3.88. The lowest BCUT2D eigenvalue weighted by molar-refractivity contribution is -0.134. The summed E-state index contributed by atoms with van der Waals surface area (Å²) < 4.78 is 0. The fourth-order valence-corrected chi connectivity index (χ4v) is 3.59. The van der Waals surface area contributed by atoms with Gasteiger partial charge in [0.1, 0.15) is 11.4 Å². The van der Waals surface area contributed by atoms with Gasteiger partial charge in [-0.3, -0.25) is 14.4 Å². The van der Waals surface area contributed by atoms with Crippen LogP contribution in [-0.4, -0.2) is 34.8 Å². The average molecular weight is 354 g/mol. The standard InChI is InChI=1S/C19H18N2O3S/c22-15(14-9-5-2-6-10-14)12-25-19-17(18(24)21-19)20-16(23)11-13-7-3-1-4-8-13/h1-10,17,19H,11-12H2,(H,20,23)(H,21,24)/t17-,19-/m1/s1. The van der Waals surface area contributed by atoms with E-state index in [2.05, 4.69) is 10.6 Å². The number of benzene rings is 2. The monoisotopic (exact) mass is 354 g/mol. The first kappa shape index (κ1) is 17.2. The molecule has 2 aromatic rings. The number of ketones is 1. The highest BCUT2D eigenvalue weighted by Gasteiger charge is 2.40. The Morgan fingerprint density at radius 3 is 2.28 bits per heavy atom. The Bertz CT molecular complexity index is 765. The topological polar surface area (TPSA) is 75.3 Å². The fraction of sp³-hybridized carbons (Fsp3) is 0.211. The molecule has 128 valence electrons. The maximum absolute atomic E-state index is 12.1. The number of carbonyl (C=O) groups is 3. The predicted octanol–water partition coefficient (Wildman–Crippen LogP) is 1.79. The molecule has 25 heavy (non-hydrogen) atoms. The largest absolute Gasteiger partial charge is 0.341 e. The van der Waals surface area contributed by atoms with Gasteiger partial charge in [0, 0.05) is 5.56 Å². The molecule has 6 heteroatoms. The minimum Gasteiger partial charge on any atom is -0.341 e. The minimum atomic E-state index is -0.593. The fourth-order valence-electron chi connectivity index (χ4n) is 2.51. The van der Waals surface area contributed by atoms with E-state index < -0.39 is 6.04 Å². The van der Waals surface area contributed by atoms with Gasteiger partial charge in [-0.1, -0.05) is 60.7 Å². The first-order valence-electron chi connectivity index (χ1n) is 7.97. The molecule has 2 atom stereocenters. The van der Waals surface area contributed by atoms with Crippen molar-refractivity contribution in [3.8, 4) is 0 Å². The first-order valence-corrected chi connectivity index (χ1v) is 9.02. The highest BCUT2D eigenvalue weighted by Crippen LogP contribution is 2.21. The Morgan fingerprint density at radius 1 is 1.00 bits per heavy atom. The molecule has 2 amide bonds. The molecule has 1 aliphatic heterocycles. The zero-order chi connectivity index (χ0) is 17.6. The molecule has 0 unspecified atom stereocenters. The maximum atomic E-state index is 12.1. The molecule has 0 radical (unpaired) electrons. The number of hydrogen-bond donors (Lipinski definition) is 2. The van der Waals surface area contributed by atoms with Gasteiger partial charge in [0.15, 0.2) is 5.78 Å². The minimum absolute atomic E-state index is 0.00103. The van der Waals surface area contributed by atoms with Crippen LogP contribution < -0.4 is 10.6 Å². The maximum Gasteiger partial charge on any atom is 0.246 e. The van der Waals surface area contributed by atoms with Crippen LogP contribution in [0.1, 0.15) is 15.9 Å². The number of thioether (sulfide) groups is 1. The highest BCUT2D eigenvalue weighted by atomic mass is 32.2. The summed E-state index contributed by atoms with van der Waals surface area (Å²) in [6.45, 7) is 0. The molecule has 3 rings (SSSR count). The molecule has 0 aliphatic carbocycles. The molecule has 0 saturated carbocycles. The quantitative estimate of drug-likeness (QED) is 0.587. The van der Waals surface area contributed by atoms with Crippen LogP contribution in [0.25, 0.3) is 0 Å². The van der Waals surface area contributed by atoms with Crippen LogP contribution in [0.2, 0.25) is 0 Å². The molecule has 2 N–H and O–H groups in total. The van der Waals surface area contributed by atoms with E-state index in [1.165, 1.54) is 11.8 Å². The van der Waals surface area contributed by atoms with Crippen molar-refractivity contribution in [1.82, 2.24) is 10.6 Å². The Labute approximate surface area is 150 Å². The van der Waals surface area contributed by atoms with E-state index in [0.717, 1.165) is 5.56 Å². The summed E-state index contributed by atoms with van der Waals surface area (Å²) in [5.74, 6) is -0.168. The van der Waals surface area contributed by atoms with Crippen molar-refractivity contribution in [2.45, 2.75) is 17.8 Å². The third kappa shape index (κ3) is 4.48. The van der Waals surface area contributed by atoms with Crippen LogP contribution in [0.5, 0.6) is 0 Å². The number of nitrogens with one attached hydrogen (secondary N) is 2. The van der Waals surface area contributed by atoms with E-state index in [0.29, 0.717) is 5.56 Å². The highest BCUT2D eigenvalue weighted by molar-refractivity contribution is 8.00. The molecule has 1 heterocycles. The van der Waals surface area contributed by atoms with Crippen LogP contribution >= 0.6 is 11.8 Å². The first-order chi connectivity index (χ1) is 12.1. The number of hydrogen-bond acceptors (Lipinski definition) is 4. The van der Waals surface area contributed by atoms with Gasteiger partial charge in [0.2, 0.25) is 11.8 Å². The number of Topliss-reactive ketones (excluding diaryl/α,β-unsaturated/α-hetero) is 1. The molecule has 1 aliphatic rings. The Balaban J connectivity index is 1.49. The second-order valence-corrected chi connectivity index (χ2v) is 6.87. The lowest BCUT2D eigenvalue weighted by Gasteiger charge is -2.36. The Morgan fingerprint density at radius 2 is 1.64 bits per heavy atom. The molecule has 1 fully saturated rings. The number of β-lactam (4-membered cyclic amide) rings is 1. The lowest BCUT2D eigenvalue weighted by atomic mass is 10.1. The van der Waals surface area contributed by atoms with E-state index in [1.807, 2.05) is 48.5 Å². The second-order valence-electron chi connectivity index (χ2n) is 5.74. The normalized spacial score (nSPS) is 18.8. The Kier molecular flexibility index (Phi) is 5.50. The molecule has 0 aromatic heterocycles. The lowest BCUT2D eigenvalue weighted by Crippen LogP contribution is -2.68. The predicted molar refractivity (Wildman–Crippen MR) is 97.2 cm³/mol. The smallest absolute Gasteiger partial charge is 0.246 e. The van der Waals surface area contributed by atoms with E-state index in [1.54, 1.807) is 12.1 Å². The van der Waals surface area contributed by atoms with Crippen molar-refractivity contribution < 1.29 is 14.4 Å². The van der Waals surface area contributed by atoms with Crippen molar-refractivity contribution in [2.24, 2.45) is 0 Å². The SMILES string of the molecule is O=C(Cc1ccccc1)N[C@@H]1C(=O)N[C@@H]1SCC(=O)c1ccccc1. The van der Waals surface area contributed by atoms with E-state index in [4.69, 9.17) is 0 Å². The van der Waals surface area contributed by atoms with Gasteiger partial charge >= 0.3 is 0 Å². The molecule has 0 spiro atoms. The van der Waals surface area contributed by atoms with Gasteiger partial charge in [-0.15, -0.1) is 11.8 Å². The number of rotatable bonds is 7. The molecule has 5 nitrogen and oxygen atoms in total. The molecule has 1 saturated heterocycles. The molecule has 0 bridgehead atoms. The summed E-state index contributed by atoms with van der Waals surface area (Å²) in [4.78, 5) is 35.9. The number of amides is 2. The van der Waals surface area contributed by atoms with Crippen molar-refractivity contribution in [3.63, 3.8) is 0 Å². The van der Waals surface area contributed by atoms with Crippen molar-refractivity contribution in [3.05, 3.63) is 71.8 Å². The summed E-state index contributed by atoms with van der Waals surface area (Å²) in [5, 5.41) is 5.19. The molecular weight excluding hydrogens is 336 g/mol. The van der Waals surface area contributed by atoms with Gasteiger partial charge < -0.3 is 10.6 Å². The van der Waals surface area contributed by atoms with Gasteiger partial charge in [-0.2, -0.15) is 0 Å². The van der Waals surface area contributed by atoms with E-state index in [-0.39, 0.29) is 35.1 Å². The van der Waals surface area contributed by atoms with Crippen molar-refractivity contribution in [2.75, 3.05) is 5.75 Å². The van der Waals surface area contributed by atoms with Crippen LogP contribution in [0.3, 0.4) is 0 Å². The van der Waals surface area contributed by atoms with Crippen molar-refractivity contribution in [1.29, 1.82) is 0 Å². The summed E-state index contributed by atoms with van der Waals surface area (Å²) in [6.07, 6.45) is 0.227. The average Bonchev–Trinajstić information content (AvgIpc) is 2.64. The summed E-state index contributed by atoms with van der Waals surface area (Å²) in [7, 11) is 0. The van der Waals surface area contributed by atoms with Gasteiger partial charge in [-0.05, 0) is 5.56 Å². The van der Waals surface area contributed by atoms with Gasteiger partial charge in [0.05, 0.1) is 12.2 Å². The zero-order valence-electron chi connectivity index (χ0n) is 13.5. The number of carbonyl (C=O) groups excluding carboxylic acids is 3.